The first-order valence-corrected chi connectivity index (χ1v) is 12.1. The van der Waals surface area contributed by atoms with Gasteiger partial charge in [0.05, 0.1) is 7.11 Å². The van der Waals surface area contributed by atoms with E-state index in [2.05, 4.69) is 10.6 Å². The van der Waals surface area contributed by atoms with E-state index >= 15 is 0 Å². The molecule has 0 spiro atoms. The summed E-state index contributed by atoms with van der Waals surface area (Å²) in [5, 5.41) is 5.56. The van der Waals surface area contributed by atoms with Gasteiger partial charge in [-0.15, -0.1) is 0 Å². The molecule has 1 aromatic carbocycles. The largest absolute Gasteiger partial charge is 0.467 e. The van der Waals surface area contributed by atoms with Crippen LogP contribution in [0.5, 0.6) is 0 Å². The van der Waals surface area contributed by atoms with E-state index in [1.54, 1.807) is 20.8 Å². The molecule has 2 rings (SSSR count). The number of carbonyl (C=O) groups is 4. The van der Waals surface area contributed by atoms with Crippen molar-refractivity contribution in [1.29, 1.82) is 0 Å². The number of likely N-dealkylation sites (tertiary alicyclic amines) is 1. The highest BCUT2D eigenvalue weighted by Gasteiger charge is 2.38. The second-order valence-electron chi connectivity index (χ2n) is 10.3. The van der Waals surface area contributed by atoms with Crippen LogP contribution in [0.4, 0.5) is 4.79 Å². The molecule has 0 bridgehead atoms. The van der Waals surface area contributed by atoms with Crippen molar-refractivity contribution in [1.82, 2.24) is 15.5 Å². The number of benzene rings is 1. The minimum absolute atomic E-state index is 0.141. The number of esters is 1. The van der Waals surface area contributed by atoms with Gasteiger partial charge in [0, 0.05) is 13.0 Å². The van der Waals surface area contributed by atoms with Gasteiger partial charge >= 0.3 is 12.1 Å². The molecule has 0 aliphatic carbocycles. The fraction of sp³-hybridized carbons (Fsp3) is 0.615. The summed E-state index contributed by atoms with van der Waals surface area (Å²) >= 11 is 0. The van der Waals surface area contributed by atoms with Gasteiger partial charge in [-0.25, -0.2) is 9.59 Å². The molecule has 1 heterocycles. The standard InChI is InChI=1S/C26H39N3O6/c1-17(2)15-20(24(32)34-6)28-22(30)19(16-18-11-8-7-9-12-18)27-23(31)21-13-10-14-29(21)25(33)35-26(3,4)5/h7-9,11-12,17,19-21H,10,13-16H2,1-6H3,(H,27,31)(H,28,30). The predicted octanol–water partition coefficient (Wildman–Crippen LogP) is 2.82. The monoisotopic (exact) mass is 489 g/mol. The third kappa shape index (κ3) is 8.88. The van der Waals surface area contributed by atoms with Gasteiger partial charge in [0.25, 0.3) is 0 Å². The van der Waals surface area contributed by atoms with E-state index in [9.17, 15) is 19.2 Å². The first kappa shape index (κ1) is 28.1. The van der Waals surface area contributed by atoms with Gasteiger partial charge in [-0.3, -0.25) is 14.5 Å². The molecule has 0 radical (unpaired) electrons. The fourth-order valence-corrected chi connectivity index (χ4v) is 4.01. The molecule has 1 aliphatic heterocycles. The van der Waals surface area contributed by atoms with Crippen molar-refractivity contribution < 1.29 is 28.7 Å². The highest BCUT2D eigenvalue weighted by molar-refractivity contribution is 5.93. The van der Waals surface area contributed by atoms with Crippen LogP contribution in [-0.4, -0.2) is 66.2 Å². The molecule has 3 unspecified atom stereocenters. The van der Waals surface area contributed by atoms with Crippen molar-refractivity contribution >= 4 is 23.9 Å². The van der Waals surface area contributed by atoms with Crippen LogP contribution >= 0.6 is 0 Å². The first-order valence-electron chi connectivity index (χ1n) is 12.1. The normalized spacial score (nSPS) is 17.5. The van der Waals surface area contributed by atoms with E-state index in [-0.39, 0.29) is 12.3 Å². The number of nitrogens with one attached hydrogen (secondary N) is 2. The lowest BCUT2D eigenvalue weighted by Crippen LogP contribution is -2.56. The quantitative estimate of drug-likeness (QED) is 0.516. The van der Waals surface area contributed by atoms with Crippen LogP contribution in [0, 0.1) is 5.92 Å². The lowest BCUT2D eigenvalue weighted by atomic mass is 10.0. The van der Waals surface area contributed by atoms with Gasteiger partial charge in [-0.1, -0.05) is 44.2 Å². The van der Waals surface area contributed by atoms with E-state index in [4.69, 9.17) is 9.47 Å². The van der Waals surface area contributed by atoms with Gasteiger partial charge in [0.15, 0.2) is 0 Å². The summed E-state index contributed by atoms with van der Waals surface area (Å²) in [6, 6.07) is 6.79. The van der Waals surface area contributed by atoms with Crippen LogP contribution in [0.1, 0.15) is 59.4 Å². The first-order chi connectivity index (χ1) is 16.4. The molecule has 35 heavy (non-hydrogen) atoms. The topological polar surface area (TPSA) is 114 Å². The van der Waals surface area contributed by atoms with E-state index in [0.29, 0.717) is 25.8 Å². The summed E-state index contributed by atoms with van der Waals surface area (Å²) in [6.07, 6.45) is 1.21. The number of rotatable bonds is 9. The molecule has 9 heteroatoms. The Morgan fingerprint density at radius 3 is 2.29 bits per heavy atom. The van der Waals surface area contributed by atoms with Crippen molar-refractivity contribution in [2.24, 2.45) is 5.92 Å². The average Bonchev–Trinajstić information content (AvgIpc) is 3.27. The van der Waals surface area contributed by atoms with Crippen molar-refractivity contribution in [3.8, 4) is 0 Å². The summed E-state index contributed by atoms with van der Waals surface area (Å²) in [6.45, 7) is 9.59. The average molecular weight is 490 g/mol. The molecular formula is C26H39N3O6. The van der Waals surface area contributed by atoms with Crippen molar-refractivity contribution in [2.75, 3.05) is 13.7 Å². The third-order valence-electron chi connectivity index (χ3n) is 5.61. The summed E-state index contributed by atoms with van der Waals surface area (Å²) in [4.78, 5) is 52.8. The van der Waals surface area contributed by atoms with Crippen LogP contribution in [0.2, 0.25) is 0 Å². The van der Waals surface area contributed by atoms with Gasteiger partial charge in [-0.2, -0.15) is 0 Å². The van der Waals surface area contributed by atoms with Crippen LogP contribution in [-0.2, 0) is 30.3 Å². The summed E-state index contributed by atoms with van der Waals surface area (Å²) in [7, 11) is 1.27. The molecule has 1 aliphatic rings. The van der Waals surface area contributed by atoms with E-state index < -0.39 is 47.6 Å². The minimum Gasteiger partial charge on any atom is -0.467 e. The second kappa shape index (κ2) is 12.6. The highest BCUT2D eigenvalue weighted by atomic mass is 16.6. The number of carbonyl (C=O) groups excluding carboxylic acids is 4. The smallest absolute Gasteiger partial charge is 0.410 e. The Morgan fingerprint density at radius 2 is 1.71 bits per heavy atom. The Hall–Kier alpha value is -3.10. The van der Waals surface area contributed by atoms with E-state index in [1.807, 2.05) is 44.2 Å². The van der Waals surface area contributed by atoms with Crippen LogP contribution < -0.4 is 10.6 Å². The fourth-order valence-electron chi connectivity index (χ4n) is 4.01. The second-order valence-corrected chi connectivity index (χ2v) is 10.3. The van der Waals surface area contributed by atoms with Gasteiger partial charge in [0.2, 0.25) is 11.8 Å². The molecule has 0 aromatic heterocycles. The summed E-state index contributed by atoms with van der Waals surface area (Å²) in [5.41, 5.74) is 0.164. The zero-order valence-corrected chi connectivity index (χ0v) is 21.6. The third-order valence-corrected chi connectivity index (χ3v) is 5.61. The lowest BCUT2D eigenvalue weighted by Gasteiger charge is -2.29. The zero-order valence-electron chi connectivity index (χ0n) is 21.6. The zero-order chi connectivity index (χ0) is 26.2. The molecule has 1 fully saturated rings. The number of hydrogen-bond donors (Lipinski definition) is 2. The van der Waals surface area contributed by atoms with E-state index in [1.165, 1.54) is 12.0 Å². The molecule has 3 atom stereocenters. The van der Waals surface area contributed by atoms with Crippen LogP contribution in [0.25, 0.3) is 0 Å². The minimum atomic E-state index is -0.940. The van der Waals surface area contributed by atoms with Crippen LogP contribution in [0.15, 0.2) is 30.3 Å². The molecule has 0 saturated carbocycles. The van der Waals surface area contributed by atoms with E-state index in [0.717, 1.165) is 5.56 Å². The number of nitrogens with zero attached hydrogens (tertiary/aromatic N) is 1. The highest BCUT2D eigenvalue weighted by Crippen LogP contribution is 2.21. The molecule has 9 nitrogen and oxygen atoms in total. The Morgan fingerprint density at radius 1 is 1.06 bits per heavy atom. The SMILES string of the molecule is COC(=O)C(CC(C)C)NC(=O)C(Cc1ccccc1)NC(=O)C1CCCN1C(=O)OC(C)(C)C. The molecular weight excluding hydrogens is 450 g/mol. The van der Waals surface area contributed by atoms with Crippen molar-refractivity contribution in [2.45, 2.75) is 84.0 Å². The number of methoxy groups -OCH3 is 1. The molecule has 1 aromatic rings. The number of hydrogen-bond acceptors (Lipinski definition) is 6. The molecule has 1 saturated heterocycles. The number of ether oxygens (including phenoxy) is 2. The lowest BCUT2D eigenvalue weighted by molar-refractivity contribution is -0.145. The maximum Gasteiger partial charge on any atom is 0.410 e. The summed E-state index contributed by atoms with van der Waals surface area (Å²) < 4.78 is 10.3. The number of amides is 3. The van der Waals surface area contributed by atoms with Crippen LogP contribution in [0.3, 0.4) is 0 Å². The van der Waals surface area contributed by atoms with Gasteiger partial charge in [-0.05, 0) is 51.5 Å². The Bertz CT molecular complexity index is 881. The maximum atomic E-state index is 13.3. The summed E-state index contributed by atoms with van der Waals surface area (Å²) in [5.74, 6) is -1.31. The molecule has 194 valence electrons. The Kier molecular flexibility index (Phi) is 10.1. The van der Waals surface area contributed by atoms with Crippen molar-refractivity contribution in [3.05, 3.63) is 35.9 Å². The van der Waals surface area contributed by atoms with Gasteiger partial charge < -0.3 is 20.1 Å². The Balaban J connectivity index is 2.20. The van der Waals surface area contributed by atoms with Gasteiger partial charge in [0.1, 0.15) is 23.7 Å². The molecule has 3 amide bonds. The predicted molar refractivity (Wildman–Crippen MR) is 131 cm³/mol. The Labute approximate surface area is 207 Å². The molecule has 2 N–H and O–H groups in total. The van der Waals surface area contributed by atoms with Crippen molar-refractivity contribution in [3.63, 3.8) is 0 Å². The maximum absolute atomic E-state index is 13.3.